The van der Waals surface area contributed by atoms with E-state index in [1.54, 1.807) is 11.9 Å². The van der Waals surface area contributed by atoms with E-state index < -0.39 is 5.54 Å². The number of hydrogen-bond donors (Lipinski definition) is 2. The van der Waals surface area contributed by atoms with E-state index in [1.807, 2.05) is 13.8 Å². The second-order valence-electron chi connectivity index (χ2n) is 5.87. The molecule has 0 aromatic heterocycles. The average molecular weight is 268 g/mol. The molecule has 2 aliphatic heterocycles. The van der Waals surface area contributed by atoms with Crippen molar-refractivity contribution >= 4 is 11.8 Å². The lowest BCUT2D eigenvalue weighted by atomic mass is 9.99. The zero-order valence-electron chi connectivity index (χ0n) is 12.0. The summed E-state index contributed by atoms with van der Waals surface area (Å²) in [5.74, 6) is -0.0347. The van der Waals surface area contributed by atoms with Crippen LogP contribution in [0.3, 0.4) is 0 Å². The summed E-state index contributed by atoms with van der Waals surface area (Å²) in [5, 5.41) is 6.18. The Morgan fingerprint density at radius 3 is 2.47 bits per heavy atom. The summed E-state index contributed by atoms with van der Waals surface area (Å²) >= 11 is 0. The van der Waals surface area contributed by atoms with Crippen LogP contribution in [-0.4, -0.2) is 73.0 Å². The van der Waals surface area contributed by atoms with Gasteiger partial charge in [-0.05, 0) is 20.3 Å². The molecule has 2 amide bonds. The van der Waals surface area contributed by atoms with Crippen LogP contribution in [0, 0.1) is 0 Å². The third-order valence-electron chi connectivity index (χ3n) is 4.20. The Labute approximate surface area is 114 Å². The Balaban J connectivity index is 1.96. The molecule has 0 saturated carbocycles. The number of likely N-dealkylation sites (tertiary alicyclic amines) is 1. The van der Waals surface area contributed by atoms with Crippen molar-refractivity contribution in [3.05, 3.63) is 0 Å². The van der Waals surface area contributed by atoms with Crippen LogP contribution in [0.2, 0.25) is 0 Å². The highest BCUT2D eigenvalue weighted by Gasteiger charge is 2.38. The van der Waals surface area contributed by atoms with Crippen LogP contribution in [0.5, 0.6) is 0 Å². The number of likely N-dealkylation sites (N-methyl/N-ethyl adjacent to an activating group) is 1. The highest BCUT2D eigenvalue weighted by atomic mass is 16.2. The van der Waals surface area contributed by atoms with E-state index >= 15 is 0 Å². The number of nitrogens with zero attached hydrogens (tertiary/aromatic N) is 2. The Kier molecular flexibility index (Phi) is 4.10. The van der Waals surface area contributed by atoms with Crippen LogP contribution in [-0.2, 0) is 9.59 Å². The summed E-state index contributed by atoms with van der Waals surface area (Å²) in [5.41, 5.74) is -0.566. The van der Waals surface area contributed by atoms with Crippen molar-refractivity contribution in [2.45, 2.75) is 31.8 Å². The first kappa shape index (κ1) is 14.3. The van der Waals surface area contributed by atoms with Crippen LogP contribution in [0.25, 0.3) is 0 Å². The molecule has 0 aliphatic carbocycles. The maximum absolute atomic E-state index is 12.4. The van der Waals surface area contributed by atoms with Gasteiger partial charge in [0.05, 0.1) is 5.54 Å². The monoisotopic (exact) mass is 268 g/mol. The Hall–Kier alpha value is -1.14. The first-order chi connectivity index (χ1) is 8.93. The van der Waals surface area contributed by atoms with Gasteiger partial charge in [0.2, 0.25) is 11.8 Å². The standard InChI is InChI=1S/C13H24N4O2/c1-13(2,17-8-5-14-6-9-17)12(19)15-10-4-7-16(3)11(10)18/h10,14H,4-9H2,1-3H3,(H,15,19). The fraction of sp³-hybridized carbons (Fsp3) is 0.846. The van der Waals surface area contributed by atoms with Crippen LogP contribution in [0.15, 0.2) is 0 Å². The van der Waals surface area contributed by atoms with Gasteiger partial charge >= 0.3 is 0 Å². The number of carbonyl (C=O) groups is 2. The number of amides is 2. The van der Waals surface area contributed by atoms with Gasteiger partial charge in [0.25, 0.3) is 0 Å². The van der Waals surface area contributed by atoms with Crippen LogP contribution < -0.4 is 10.6 Å². The average Bonchev–Trinajstić information content (AvgIpc) is 2.71. The lowest BCUT2D eigenvalue weighted by Crippen LogP contribution is -2.61. The molecule has 6 nitrogen and oxygen atoms in total. The third kappa shape index (κ3) is 2.90. The fourth-order valence-electron chi connectivity index (χ4n) is 2.66. The van der Waals surface area contributed by atoms with Crippen molar-refractivity contribution in [2.24, 2.45) is 0 Å². The van der Waals surface area contributed by atoms with Gasteiger partial charge in [-0.15, -0.1) is 0 Å². The highest BCUT2D eigenvalue weighted by Crippen LogP contribution is 2.17. The maximum Gasteiger partial charge on any atom is 0.244 e. The molecule has 19 heavy (non-hydrogen) atoms. The molecule has 1 atom stereocenters. The van der Waals surface area contributed by atoms with E-state index in [2.05, 4.69) is 15.5 Å². The van der Waals surface area contributed by atoms with E-state index in [0.29, 0.717) is 6.42 Å². The molecule has 0 radical (unpaired) electrons. The zero-order chi connectivity index (χ0) is 14.0. The molecule has 2 saturated heterocycles. The molecular formula is C13H24N4O2. The summed E-state index contributed by atoms with van der Waals surface area (Å²) in [7, 11) is 1.77. The van der Waals surface area contributed by atoms with E-state index in [9.17, 15) is 9.59 Å². The van der Waals surface area contributed by atoms with Crippen LogP contribution in [0.4, 0.5) is 0 Å². The largest absolute Gasteiger partial charge is 0.344 e. The van der Waals surface area contributed by atoms with Crippen LogP contribution in [0.1, 0.15) is 20.3 Å². The highest BCUT2D eigenvalue weighted by molar-refractivity contribution is 5.92. The number of nitrogens with one attached hydrogen (secondary N) is 2. The summed E-state index contributed by atoms with van der Waals surface area (Å²) in [4.78, 5) is 28.1. The van der Waals surface area contributed by atoms with Crippen molar-refractivity contribution in [1.29, 1.82) is 0 Å². The van der Waals surface area contributed by atoms with Crippen molar-refractivity contribution in [1.82, 2.24) is 20.4 Å². The smallest absolute Gasteiger partial charge is 0.244 e. The molecular weight excluding hydrogens is 244 g/mol. The molecule has 108 valence electrons. The molecule has 2 fully saturated rings. The predicted molar refractivity (Wildman–Crippen MR) is 72.7 cm³/mol. The van der Waals surface area contributed by atoms with Gasteiger partial charge in [0.15, 0.2) is 0 Å². The summed E-state index contributed by atoms with van der Waals surface area (Å²) in [6.07, 6.45) is 0.707. The minimum absolute atomic E-state index is 0.0180. The number of hydrogen-bond acceptors (Lipinski definition) is 4. The summed E-state index contributed by atoms with van der Waals surface area (Å²) < 4.78 is 0. The summed E-state index contributed by atoms with van der Waals surface area (Å²) in [6.45, 7) is 8.10. The van der Waals surface area contributed by atoms with Crippen molar-refractivity contribution < 1.29 is 9.59 Å². The molecule has 2 rings (SSSR count). The number of carbonyl (C=O) groups excluding carboxylic acids is 2. The first-order valence-corrected chi connectivity index (χ1v) is 6.94. The Morgan fingerprint density at radius 2 is 1.95 bits per heavy atom. The second-order valence-corrected chi connectivity index (χ2v) is 5.87. The van der Waals surface area contributed by atoms with E-state index in [4.69, 9.17) is 0 Å². The SMILES string of the molecule is CN1CCC(NC(=O)C(C)(C)N2CCNCC2)C1=O. The quantitative estimate of drug-likeness (QED) is 0.690. The second kappa shape index (κ2) is 5.46. The lowest BCUT2D eigenvalue weighted by Gasteiger charge is -2.40. The van der Waals surface area contributed by atoms with Crippen LogP contribution >= 0.6 is 0 Å². The molecule has 0 aromatic carbocycles. The van der Waals surface area contributed by atoms with Gasteiger partial charge in [-0.25, -0.2) is 0 Å². The molecule has 0 bridgehead atoms. The molecule has 6 heteroatoms. The topological polar surface area (TPSA) is 64.7 Å². The number of rotatable bonds is 3. The molecule has 2 N–H and O–H groups in total. The van der Waals surface area contributed by atoms with Crippen molar-refractivity contribution in [3.8, 4) is 0 Å². The molecule has 0 spiro atoms. The molecule has 1 unspecified atom stereocenters. The van der Waals surface area contributed by atoms with Gasteiger partial charge in [-0.1, -0.05) is 0 Å². The van der Waals surface area contributed by atoms with E-state index in [1.165, 1.54) is 0 Å². The van der Waals surface area contributed by atoms with Gasteiger partial charge in [0.1, 0.15) is 6.04 Å². The maximum atomic E-state index is 12.4. The van der Waals surface area contributed by atoms with Gasteiger partial charge in [-0.3, -0.25) is 14.5 Å². The summed E-state index contributed by atoms with van der Waals surface area (Å²) in [6, 6.07) is -0.348. The van der Waals surface area contributed by atoms with Gasteiger partial charge in [0, 0.05) is 39.8 Å². The fourth-order valence-corrected chi connectivity index (χ4v) is 2.66. The van der Waals surface area contributed by atoms with Crippen molar-refractivity contribution in [2.75, 3.05) is 39.8 Å². The Bertz CT molecular complexity index is 364. The zero-order valence-corrected chi connectivity index (χ0v) is 12.0. The lowest BCUT2D eigenvalue weighted by molar-refractivity contribution is -0.137. The van der Waals surface area contributed by atoms with E-state index in [-0.39, 0.29) is 17.9 Å². The number of piperazine rings is 1. The minimum atomic E-state index is -0.566. The normalized spacial score (nSPS) is 25.7. The van der Waals surface area contributed by atoms with Gasteiger partial charge in [-0.2, -0.15) is 0 Å². The van der Waals surface area contributed by atoms with Crippen molar-refractivity contribution in [3.63, 3.8) is 0 Å². The van der Waals surface area contributed by atoms with E-state index in [0.717, 1.165) is 32.7 Å². The molecule has 2 heterocycles. The van der Waals surface area contributed by atoms with Gasteiger partial charge < -0.3 is 15.5 Å². The molecule has 2 aliphatic rings. The Morgan fingerprint density at radius 1 is 1.32 bits per heavy atom. The molecule has 0 aromatic rings. The predicted octanol–water partition coefficient (Wildman–Crippen LogP) is -0.983. The minimum Gasteiger partial charge on any atom is -0.344 e. The first-order valence-electron chi connectivity index (χ1n) is 6.94. The third-order valence-corrected chi connectivity index (χ3v) is 4.20.